The highest BCUT2D eigenvalue weighted by molar-refractivity contribution is 6.20. The van der Waals surface area contributed by atoms with Crippen LogP contribution in [0.5, 0.6) is 0 Å². The van der Waals surface area contributed by atoms with Gasteiger partial charge in [-0.05, 0) is 29.5 Å². The fourth-order valence-electron chi connectivity index (χ4n) is 2.87. The molecule has 0 bridgehead atoms. The van der Waals surface area contributed by atoms with E-state index in [2.05, 4.69) is 53.4 Å². The van der Waals surface area contributed by atoms with Crippen LogP contribution in [0.4, 0.5) is 0 Å². The van der Waals surface area contributed by atoms with Gasteiger partial charge in [-0.15, -0.1) is 11.6 Å². The van der Waals surface area contributed by atoms with Crippen LogP contribution in [0.2, 0.25) is 0 Å². The van der Waals surface area contributed by atoms with Crippen LogP contribution < -0.4 is 0 Å². The number of hydrogen-bond donors (Lipinski definition) is 0. The van der Waals surface area contributed by atoms with Crippen LogP contribution in [0.15, 0.2) is 54.6 Å². The van der Waals surface area contributed by atoms with Gasteiger partial charge in [-0.3, -0.25) is 4.90 Å². The maximum Gasteiger partial charge on any atom is 0.0597 e. The molecule has 1 nitrogen and oxygen atoms in total. The molecular weight excluding hydrogens is 266 g/mol. The van der Waals surface area contributed by atoms with Crippen molar-refractivity contribution in [3.63, 3.8) is 0 Å². The maximum atomic E-state index is 6.50. The van der Waals surface area contributed by atoms with E-state index in [4.69, 9.17) is 11.6 Å². The molecule has 0 spiro atoms. The molecule has 1 aliphatic heterocycles. The molecule has 0 amide bonds. The van der Waals surface area contributed by atoms with Crippen LogP contribution >= 0.6 is 11.6 Å². The third-order valence-electron chi connectivity index (χ3n) is 4.07. The summed E-state index contributed by atoms with van der Waals surface area (Å²) in [6.45, 7) is 3.28. The molecule has 0 aromatic heterocycles. The van der Waals surface area contributed by atoms with Crippen LogP contribution in [0, 0.1) is 0 Å². The van der Waals surface area contributed by atoms with Gasteiger partial charge in [0.15, 0.2) is 0 Å². The van der Waals surface area contributed by atoms with Gasteiger partial charge in [0.2, 0.25) is 0 Å². The normalized spacial score (nSPS) is 16.6. The first-order chi connectivity index (χ1) is 9.83. The van der Waals surface area contributed by atoms with E-state index in [1.807, 2.05) is 6.07 Å². The molecule has 0 aliphatic carbocycles. The van der Waals surface area contributed by atoms with Gasteiger partial charge in [0.05, 0.1) is 5.38 Å². The molecule has 0 fully saturated rings. The number of fused-ring (bicyclic) bond motifs is 1. The Balaban J connectivity index is 1.55. The lowest BCUT2D eigenvalue weighted by atomic mass is 9.99. The third kappa shape index (κ3) is 3.23. The summed E-state index contributed by atoms with van der Waals surface area (Å²) < 4.78 is 0. The Hall–Kier alpha value is -1.31. The fourth-order valence-corrected chi connectivity index (χ4v) is 3.11. The molecule has 1 atom stereocenters. The molecule has 1 aliphatic rings. The number of alkyl halides is 1. The van der Waals surface area contributed by atoms with Crippen molar-refractivity contribution < 1.29 is 0 Å². The molecule has 2 aromatic carbocycles. The zero-order valence-corrected chi connectivity index (χ0v) is 12.4. The molecule has 104 valence electrons. The maximum absolute atomic E-state index is 6.50. The molecule has 1 heterocycles. The van der Waals surface area contributed by atoms with Gasteiger partial charge in [-0.25, -0.2) is 0 Å². The van der Waals surface area contributed by atoms with Crippen molar-refractivity contribution in [1.29, 1.82) is 0 Å². The summed E-state index contributed by atoms with van der Waals surface area (Å²) in [7, 11) is 0. The molecule has 0 saturated heterocycles. The van der Waals surface area contributed by atoms with Gasteiger partial charge in [0, 0.05) is 19.6 Å². The Morgan fingerprint density at radius 3 is 2.45 bits per heavy atom. The van der Waals surface area contributed by atoms with Gasteiger partial charge in [0.1, 0.15) is 0 Å². The van der Waals surface area contributed by atoms with Crippen LogP contribution in [-0.4, -0.2) is 18.0 Å². The Morgan fingerprint density at radius 2 is 1.65 bits per heavy atom. The van der Waals surface area contributed by atoms with E-state index in [0.29, 0.717) is 0 Å². The van der Waals surface area contributed by atoms with E-state index < -0.39 is 0 Å². The predicted octanol–water partition coefficient (Wildman–Crippen LogP) is 4.41. The van der Waals surface area contributed by atoms with E-state index in [0.717, 1.165) is 32.5 Å². The van der Waals surface area contributed by atoms with Crippen molar-refractivity contribution in [3.05, 3.63) is 71.3 Å². The number of benzene rings is 2. The molecule has 0 N–H and O–H groups in total. The van der Waals surface area contributed by atoms with Gasteiger partial charge in [-0.1, -0.05) is 54.6 Å². The highest BCUT2D eigenvalue weighted by atomic mass is 35.5. The van der Waals surface area contributed by atoms with Crippen LogP contribution in [0.25, 0.3) is 0 Å². The van der Waals surface area contributed by atoms with Gasteiger partial charge in [0.25, 0.3) is 0 Å². The summed E-state index contributed by atoms with van der Waals surface area (Å²) in [5, 5.41) is 0.119. The SMILES string of the molecule is Cl[C@H](CCN1CCc2ccccc2C1)c1ccccc1. The minimum atomic E-state index is 0.119. The van der Waals surface area contributed by atoms with Crippen molar-refractivity contribution in [2.24, 2.45) is 0 Å². The third-order valence-corrected chi connectivity index (χ3v) is 4.54. The van der Waals surface area contributed by atoms with Crippen molar-refractivity contribution >= 4 is 11.6 Å². The standard InChI is InChI=1S/C18H20ClN/c19-18(16-7-2-1-3-8-16)11-13-20-12-10-15-6-4-5-9-17(15)14-20/h1-9,18H,10-14H2/t18-/m1/s1. The molecule has 0 saturated carbocycles. The van der Waals surface area contributed by atoms with E-state index in [9.17, 15) is 0 Å². The summed E-state index contributed by atoms with van der Waals surface area (Å²) in [5.74, 6) is 0. The first-order valence-corrected chi connectivity index (χ1v) is 7.75. The fraction of sp³-hybridized carbons (Fsp3) is 0.333. The topological polar surface area (TPSA) is 3.24 Å². The molecule has 0 radical (unpaired) electrons. The van der Waals surface area contributed by atoms with E-state index >= 15 is 0 Å². The second kappa shape index (κ2) is 6.43. The van der Waals surface area contributed by atoms with E-state index in [-0.39, 0.29) is 5.38 Å². The highest BCUT2D eigenvalue weighted by Gasteiger charge is 2.16. The molecule has 3 rings (SSSR count). The lowest BCUT2D eigenvalue weighted by Gasteiger charge is -2.29. The summed E-state index contributed by atoms with van der Waals surface area (Å²) in [5.41, 5.74) is 4.21. The largest absolute Gasteiger partial charge is 0.299 e. The zero-order valence-electron chi connectivity index (χ0n) is 11.6. The second-order valence-electron chi connectivity index (χ2n) is 5.46. The first-order valence-electron chi connectivity index (χ1n) is 7.31. The van der Waals surface area contributed by atoms with Gasteiger partial charge >= 0.3 is 0 Å². The second-order valence-corrected chi connectivity index (χ2v) is 5.99. The first kappa shape index (κ1) is 13.7. The minimum Gasteiger partial charge on any atom is -0.299 e. The molecule has 2 aromatic rings. The summed E-state index contributed by atoms with van der Waals surface area (Å²) >= 11 is 6.50. The van der Waals surface area contributed by atoms with Crippen molar-refractivity contribution in [2.45, 2.75) is 24.8 Å². The average molecular weight is 286 g/mol. The average Bonchev–Trinajstić information content (AvgIpc) is 2.53. The molecule has 20 heavy (non-hydrogen) atoms. The highest BCUT2D eigenvalue weighted by Crippen LogP contribution is 2.25. The molecule has 0 unspecified atom stereocenters. The quantitative estimate of drug-likeness (QED) is 0.752. The number of hydrogen-bond acceptors (Lipinski definition) is 1. The van der Waals surface area contributed by atoms with E-state index in [1.165, 1.54) is 16.7 Å². The Labute approximate surface area is 126 Å². The van der Waals surface area contributed by atoms with Gasteiger partial charge in [-0.2, -0.15) is 0 Å². The number of halogens is 1. The molecular formula is C18H20ClN. The van der Waals surface area contributed by atoms with E-state index in [1.54, 1.807) is 0 Å². The monoisotopic (exact) mass is 285 g/mol. The minimum absolute atomic E-state index is 0.119. The van der Waals surface area contributed by atoms with Crippen LogP contribution in [0.3, 0.4) is 0 Å². The summed E-state index contributed by atoms with van der Waals surface area (Å²) in [6, 6.07) is 19.2. The summed E-state index contributed by atoms with van der Waals surface area (Å²) in [4.78, 5) is 2.51. The number of rotatable bonds is 4. The van der Waals surface area contributed by atoms with Gasteiger partial charge < -0.3 is 0 Å². The molecule has 2 heteroatoms. The Kier molecular flexibility index (Phi) is 4.39. The smallest absolute Gasteiger partial charge is 0.0597 e. The van der Waals surface area contributed by atoms with Crippen molar-refractivity contribution in [1.82, 2.24) is 4.90 Å². The van der Waals surface area contributed by atoms with Crippen molar-refractivity contribution in [2.75, 3.05) is 13.1 Å². The Bertz CT molecular complexity index is 552. The lowest BCUT2D eigenvalue weighted by molar-refractivity contribution is 0.250. The lowest BCUT2D eigenvalue weighted by Crippen LogP contribution is -2.31. The van der Waals surface area contributed by atoms with Crippen LogP contribution in [0.1, 0.15) is 28.5 Å². The predicted molar refractivity (Wildman–Crippen MR) is 85.1 cm³/mol. The zero-order chi connectivity index (χ0) is 13.8. The van der Waals surface area contributed by atoms with Crippen molar-refractivity contribution in [3.8, 4) is 0 Å². The Morgan fingerprint density at radius 1 is 0.950 bits per heavy atom. The number of nitrogens with zero attached hydrogens (tertiary/aromatic N) is 1. The van der Waals surface area contributed by atoms with Crippen LogP contribution in [-0.2, 0) is 13.0 Å². The summed E-state index contributed by atoms with van der Waals surface area (Å²) in [6.07, 6.45) is 2.17.